The minimum atomic E-state index is -3.87. The molecule has 0 aliphatic carbocycles. The van der Waals surface area contributed by atoms with Crippen molar-refractivity contribution in [3.05, 3.63) is 75.3 Å². The summed E-state index contributed by atoms with van der Waals surface area (Å²) in [5, 5.41) is 14.2. The van der Waals surface area contributed by atoms with E-state index in [1.807, 2.05) is 0 Å². The van der Waals surface area contributed by atoms with Crippen LogP contribution in [0.5, 0.6) is 5.75 Å². The second-order valence-electron chi connectivity index (χ2n) is 7.02. The molecule has 13 heteroatoms. The number of nitrogens with zero attached hydrogens (tertiary/aromatic N) is 1. The van der Waals surface area contributed by atoms with Crippen molar-refractivity contribution in [3.63, 3.8) is 0 Å². The van der Waals surface area contributed by atoms with Gasteiger partial charge in [0.15, 0.2) is 0 Å². The van der Waals surface area contributed by atoms with Crippen LogP contribution in [-0.4, -0.2) is 45.8 Å². The summed E-state index contributed by atoms with van der Waals surface area (Å²) in [6.07, 6.45) is 3.49. The van der Waals surface area contributed by atoms with Gasteiger partial charge in [-0.15, -0.1) is 10.1 Å². The summed E-state index contributed by atoms with van der Waals surface area (Å²) in [7, 11) is -2.41. The first-order valence-corrected chi connectivity index (χ1v) is 11.7. The molecule has 188 valence electrons. The average molecular weight is 509 g/mol. The summed E-state index contributed by atoms with van der Waals surface area (Å²) in [5.41, 5.74) is 1.31. The van der Waals surface area contributed by atoms with Gasteiger partial charge >= 0.3 is 11.9 Å². The summed E-state index contributed by atoms with van der Waals surface area (Å²) in [6, 6.07) is 10.00. The van der Waals surface area contributed by atoms with E-state index in [2.05, 4.69) is 4.84 Å². The topological polar surface area (TPSA) is 174 Å². The van der Waals surface area contributed by atoms with E-state index in [9.17, 15) is 28.1 Å². The highest BCUT2D eigenvalue weighted by Crippen LogP contribution is 2.20. The summed E-state index contributed by atoms with van der Waals surface area (Å²) in [6.45, 7) is -0.0926. The number of methoxy groups -OCH3 is 1. The van der Waals surface area contributed by atoms with Gasteiger partial charge in [-0.2, -0.15) is 0 Å². The first-order valence-electron chi connectivity index (χ1n) is 10.2. The van der Waals surface area contributed by atoms with E-state index in [4.69, 9.17) is 19.3 Å². The highest BCUT2D eigenvalue weighted by Gasteiger charge is 2.12. The fraction of sp³-hybridized carbons (Fsp3) is 0.273. The first kappa shape index (κ1) is 27.3. The molecule has 0 aliphatic rings. The smallest absolute Gasteiger partial charge is 0.338 e. The Morgan fingerprint density at radius 1 is 1.06 bits per heavy atom. The van der Waals surface area contributed by atoms with Gasteiger partial charge in [-0.05, 0) is 72.5 Å². The predicted molar refractivity (Wildman–Crippen MR) is 122 cm³/mol. The number of ether oxygens (including phenoxy) is 3. The zero-order valence-corrected chi connectivity index (χ0v) is 19.6. The largest absolute Gasteiger partial charge is 0.497 e. The van der Waals surface area contributed by atoms with E-state index >= 15 is 0 Å². The second kappa shape index (κ2) is 13.1. The molecule has 0 spiro atoms. The van der Waals surface area contributed by atoms with Gasteiger partial charge in [0.1, 0.15) is 12.4 Å². The lowest BCUT2D eigenvalue weighted by atomic mass is 10.1. The van der Waals surface area contributed by atoms with Crippen LogP contribution in [0.2, 0.25) is 0 Å². The molecule has 12 nitrogen and oxygen atoms in total. The van der Waals surface area contributed by atoms with Crippen LogP contribution in [-0.2, 0) is 35.7 Å². The summed E-state index contributed by atoms with van der Waals surface area (Å²) in [5.74, 6) is -0.799. The molecule has 0 atom stereocenters. The molecule has 2 aromatic rings. The lowest BCUT2D eigenvalue weighted by Gasteiger charge is -2.09. The van der Waals surface area contributed by atoms with Gasteiger partial charge in [-0.25, -0.2) is 23.1 Å². The number of sulfonamides is 1. The molecule has 0 unspecified atom stereocenters. The third-order valence-corrected chi connectivity index (χ3v) is 5.33. The lowest BCUT2D eigenvalue weighted by Crippen LogP contribution is -2.12. The molecule has 2 aromatic carbocycles. The molecule has 35 heavy (non-hydrogen) atoms. The number of carbonyl (C=O) groups excluding carboxylic acids is 2. The van der Waals surface area contributed by atoms with Crippen LogP contribution >= 0.6 is 0 Å². The molecular weight excluding hydrogens is 484 g/mol. The Hall–Kier alpha value is -3.97. The van der Waals surface area contributed by atoms with Crippen molar-refractivity contribution < 1.29 is 42.1 Å². The fourth-order valence-corrected chi connectivity index (χ4v) is 3.24. The van der Waals surface area contributed by atoms with Crippen molar-refractivity contribution in [2.75, 3.05) is 20.3 Å². The molecule has 0 bridgehead atoms. The van der Waals surface area contributed by atoms with Crippen molar-refractivity contribution in [1.29, 1.82) is 0 Å². The van der Waals surface area contributed by atoms with Gasteiger partial charge in [-0.3, -0.25) is 0 Å². The highest BCUT2D eigenvalue weighted by molar-refractivity contribution is 7.89. The number of rotatable bonds is 13. The average Bonchev–Trinajstić information content (AvgIpc) is 2.82. The molecule has 0 radical (unpaired) electrons. The van der Waals surface area contributed by atoms with Crippen molar-refractivity contribution in [2.24, 2.45) is 5.14 Å². The Morgan fingerprint density at radius 2 is 1.74 bits per heavy atom. The maximum absolute atomic E-state index is 12.3. The van der Waals surface area contributed by atoms with Crippen LogP contribution in [0.4, 0.5) is 0 Å². The third kappa shape index (κ3) is 9.81. The summed E-state index contributed by atoms with van der Waals surface area (Å²) < 4.78 is 38.2. The van der Waals surface area contributed by atoms with Crippen molar-refractivity contribution in [2.45, 2.75) is 24.3 Å². The van der Waals surface area contributed by atoms with Gasteiger partial charge in [0, 0.05) is 6.08 Å². The minimum absolute atomic E-state index is 0.0710. The van der Waals surface area contributed by atoms with Crippen LogP contribution in [0.3, 0.4) is 0 Å². The number of esters is 2. The number of unbranched alkanes of at least 4 members (excludes halogenated alkanes) is 1. The molecule has 0 aliphatic heterocycles. The normalized spacial score (nSPS) is 11.1. The lowest BCUT2D eigenvalue weighted by molar-refractivity contribution is -0.757. The number of carbonyl (C=O) groups is 2. The van der Waals surface area contributed by atoms with E-state index in [1.165, 1.54) is 43.5 Å². The van der Waals surface area contributed by atoms with Crippen LogP contribution in [0.25, 0.3) is 6.08 Å². The third-order valence-electron chi connectivity index (χ3n) is 4.40. The molecule has 0 fully saturated rings. The summed E-state index contributed by atoms with van der Waals surface area (Å²) in [4.78, 5) is 38.2. The number of hydrogen-bond donors (Lipinski definition) is 1. The minimum Gasteiger partial charge on any atom is -0.497 e. The van der Waals surface area contributed by atoms with Crippen molar-refractivity contribution in [3.8, 4) is 5.75 Å². The monoisotopic (exact) mass is 508 g/mol. The van der Waals surface area contributed by atoms with E-state index < -0.39 is 27.0 Å². The number of benzene rings is 2. The van der Waals surface area contributed by atoms with E-state index in [1.54, 1.807) is 18.2 Å². The Balaban J connectivity index is 1.92. The van der Waals surface area contributed by atoms with Gasteiger partial charge in [0.25, 0.3) is 5.09 Å². The molecule has 0 saturated carbocycles. The van der Waals surface area contributed by atoms with Crippen LogP contribution < -0.4 is 9.88 Å². The zero-order valence-electron chi connectivity index (χ0n) is 18.7. The number of hydrogen-bond acceptors (Lipinski definition) is 10. The van der Waals surface area contributed by atoms with Crippen molar-refractivity contribution >= 4 is 28.0 Å². The molecule has 2 N–H and O–H groups in total. The van der Waals surface area contributed by atoms with Crippen LogP contribution in [0.1, 0.15) is 34.3 Å². The number of primary sulfonamides is 1. The predicted octanol–water partition coefficient (Wildman–Crippen LogP) is 2.24. The zero-order chi connectivity index (χ0) is 25.8. The standard InChI is InChI=1S/C22H24N2O10S/c1-31-19-13-16(4-9-21(25)32-10-2-3-11-34-24(27)28)12-17(14-19)15-33-22(26)18-5-7-20(8-6-18)35(23,29)30/h4-9,12-14H,2-3,10-11,15H2,1H3,(H2,23,29,30)/b9-4+. The maximum Gasteiger partial charge on any atom is 0.338 e. The molecular formula is C22H24N2O10S. The number of nitrogens with two attached hydrogens (primary N) is 1. The molecule has 0 aromatic heterocycles. The maximum atomic E-state index is 12.3. The SMILES string of the molecule is COc1cc(/C=C/C(=O)OCCCCO[N+](=O)[O-])cc(COC(=O)c2ccc(S(N)(=O)=O)cc2)c1. The first-order chi connectivity index (χ1) is 16.6. The Labute approximate surface area is 201 Å². The van der Waals surface area contributed by atoms with E-state index in [0.29, 0.717) is 29.7 Å². The van der Waals surface area contributed by atoms with Gasteiger partial charge in [-0.1, -0.05) is 0 Å². The Morgan fingerprint density at radius 3 is 2.37 bits per heavy atom. The van der Waals surface area contributed by atoms with Gasteiger partial charge < -0.3 is 19.0 Å². The van der Waals surface area contributed by atoms with Crippen molar-refractivity contribution in [1.82, 2.24) is 0 Å². The Kier molecular flexibility index (Phi) is 10.2. The highest BCUT2D eigenvalue weighted by atomic mass is 32.2. The fourth-order valence-electron chi connectivity index (χ4n) is 2.72. The van der Waals surface area contributed by atoms with Crippen LogP contribution in [0, 0.1) is 10.1 Å². The van der Waals surface area contributed by atoms with Gasteiger partial charge in [0.2, 0.25) is 10.0 Å². The van der Waals surface area contributed by atoms with E-state index in [-0.39, 0.29) is 30.3 Å². The summed E-state index contributed by atoms with van der Waals surface area (Å²) >= 11 is 0. The Bertz CT molecular complexity index is 1180. The molecule has 0 heterocycles. The quantitative estimate of drug-likeness (QED) is 0.139. The van der Waals surface area contributed by atoms with Crippen LogP contribution in [0.15, 0.2) is 53.4 Å². The molecule has 2 rings (SSSR count). The van der Waals surface area contributed by atoms with Gasteiger partial charge in [0.05, 0.1) is 30.8 Å². The second-order valence-corrected chi connectivity index (χ2v) is 8.59. The molecule has 0 amide bonds. The molecule has 0 saturated heterocycles. The van der Waals surface area contributed by atoms with E-state index in [0.717, 1.165) is 0 Å².